The van der Waals surface area contributed by atoms with Crippen molar-refractivity contribution in [3.05, 3.63) is 30.3 Å². The van der Waals surface area contributed by atoms with Crippen LogP contribution in [0.1, 0.15) is 38.5 Å². The second-order valence-electron chi connectivity index (χ2n) is 7.24. The normalized spacial score (nSPS) is 21.7. The molecule has 138 valence electrons. The summed E-state index contributed by atoms with van der Waals surface area (Å²) >= 11 is 0. The van der Waals surface area contributed by atoms with Crippen LogP contribution in [0.15, 0.2) is 30.3 Å². The number of amides is 1. The standard InChI is InChI=1S/C19H25F3N2O/c20-19(21,22)9-5-12-23-14-10-18(11-15-23)8-4-13-24(17(18)25)16-6-2-1-3-7-16/h1-3,6-7H,4-5,8-15H2. The van der Waals surface area contributed by atoms with Crippen LogP contribution < -0.4 is 4.90 Å². The molecule has 1 aromatic rings. The van der Waals surface area contributed by atoms with Crippen LogP contribution in [0.4, 0.5) is 18.9 Å². The van der Waals surface area contributed by atoms with E-state index in [0.717, 1.165) is 37.9 Å². The molecule has 1 aromatic carbocycles. The molecule has 2 fully saturated rings. The predicted octanol–water partition coefficient (Wildman–Crippen LogP) is 4.24. The second-order valence-corrected chi connectivity index (χ2v) is 7.24. The fourth-order valence-electron chi connectivity index (χ4n) is 4.10. The van der Waals surface area contributed by atoms with Gasteiger partial charge in [0, 0.05) is 18.7 Å². The molecule has 25 heavy (non-hydrogen) atoms. The zero-order valence-corrected chi connectivity index (χ0v) is 14.4. The molecule has 0 aromatic heterocycles. The number of hydrogen-bond donors (Lipinski definition) is 0. The average molecular weight is 354 g/mol. The SMILES string of the molecule is O=C1N(c2ccccc2)CCCC12CCN(CCCC(F)(F)F)CC2. The number of halogens is 3. The number of hydrogen-bond acceptors (Lipinski definition) is 2. The zero-order chi connectivity index (χ0) is 17.9. The summed E-state index contributed by atoms with van der Waals surface area (Å²) < 4.78 is 36.8. The number of carbonyl (C=O) groups is 1. The van der Waals surface area contributed by atoms with Gasteiger partial charge in [-0.25, -0.2) is 0 Å². The molecule has 3 nitrogen and oxygen atoms in total. The van der Waals surface area contributed by atoms with E-state index in [4.69, 9.17) is 0 Å². The van der Waals surface area contributed by atoms with Crippen LogP contribution >= 0.6 is 0 Å². The highest BCUT2D eigenvalue weighted by Gasteiger charge is 2.45. The smallest absolute Gasteiger partial charge is 0.312 e. The summed E-state index contributed by atoms with van der Waals surface area (Å²) in [5, 5.41) is 0. The number of benzene rings is 1. The molecule has 0 atom stereocenters. The summed E-state index contributed by atoms with van der Waals surface area (Å²) in [6.07, 6.45) is -1.29. The fourth-order valence-corrected chi connectivity index (χ4v) is 4.10. The first-order chi connectivity index (χ1) is 11.9. The predicted molar refractivity (Wildman–Crippen MR) is 91.4 cm³/mol. The van der Waals surface area contributed by atoms with Crippen LogP contribution in [0.5, 0.6) is 0 Å². The van der Waals surface area contributed by atoms with Crippen molar-refractivity contribution in [1.82, 2.24) is 4.90 Å². The van der Waals surface area contributed by atoms with Crippen LogP contribution in [0.25, 0.3) is 0 Å². The first-order valence-electron chi connectivity index (χ1n) is 9.06. The van der Waals surface area contributed by atoms with Gasteiger partial charge in [-0.05, 0) is 63.9 Å². The summed E-state index contributed by atoms with van der Waals surface area (Å²) in [6.45, 7) is 2.64. The molecule has 0 aliphatic carbocycles. The number of para-hydroxylation sites is 1. The minimum absolute atomic E-state index is 0.139. The monoisotopic (exact) mass is 354 g/mol. The van der Waals surface area contributed by atoms with Gasteiger partial charge in [0.25, 0.3) is 0 Å². The molecular weight excluding hydrogens is 329 g/mol. The Kier molecular flexibility index (Phi) is 5.37. The van der Waals surface area contributed by atoms with Crippen molar-refractivity contribution in [2.45, 2.75) is 44.7 Å². The Labute approximate surface area is 146 Å². The average Bonchev–Trinajstić information content (AvgIpc) is 2.59. The molecule has 0 saturated carbocycles. The van der Waals surface area contributed by atoms with Crippen LogP contribution in [0.3, 0.4) is 0 Å². The Morgan fingerprint density at radius 2 is 1.68 bits per heavy atom. The Balaban J connectivity index is 1.57. The van der Waals surface area contributed by atoms with Crippen molar-refractivity contribution < 1.29 is 18.0 Å². The Morgan fingerprint density at radius 1 is 1.00 bits per heavy atom. The van der Waals surface area contributed by atoms with E-state index in [0.29, 0.717) is 19.6 Å². The van der Waals surface area contributed by atoms with E-state index in [1.807, 2.05) is 35.2 Å². The molecule has 1 amide bonds. The molecular formula is C19H25F3N2O. The van der Waals surface area contributed by atoms with Crippen LogP contribution in [-0.4, -0.2) is 43.2 Å². The Morgan fingerprint density at radius 3 is 2.32 bits per heavy atom. The lowest BCUT2D eigenvalue weighted by Gasteiger charge is -2.46. The molecule has 0 radical (unpaired) electrons. The van der Waals surface area contributed by atoms with Gasteiger partial charge in [0.2, 0.25) is 5.91 Å². The number of rotatable bonds is 4. The maximum Gasteiger partial charge on any atom is 0.389 e. The first kappa shape index (κ1) is 18.2. The van der Waals surface area contributed by atoms with Crippen molar-refractivity contribution in [3.63, 3.8) is 0 Å². The number of piperidine rings is 2. The van der Waals surface area contributed by atoms with Crippen molar-refractivity contribution >= 4 is 11.6 Å². The van der Waals surface area contributed by atoms with E-state index in [2.05, 4.69) is 4.90 Å². The lowest BCUT2D eigenvalue weighted by atomic mass is 9.71. The van der Waals surface area contributed by atoms with Gasteiger partial charge < -0.3 is 9.80 Å². The maximum absolute atomic E-state index is 13.1. The van der Waals surface area contributed by atoms with E-state index in [9.17, 15) is 18.0 Å². The van der Waals surface area contributed by atoms with Gasteiger partial charge in [-0.15, -0.1) is 0 Å². The van der Waals surface area contributed by atoms with Gasteiger partial charge >= 0.3 is 6.18 Å². The van der Waals surface area contributed by atoms with Crippen molar-refractivity contribution in [2.75, 3.05) is 31.1 Å². The number of nitrogens with zero attached hydrogens (tertiary/aromatic N) is 2. The van der Waals surface area contributed by atoms with E-state index < -0.39 is 12.6 Å². The van der Waals surface area contributed by atoms with Gasteiger partial charge in [0.05, 0.1) is 5.41 Å². The molecule has 2 saturated heterocycles. The molecule has 0 N–H and O–H groups in total. The van der Waals surface area contributed by atoms with Gasteiger partial charge in [-0.2, -0.15) is 13.2 Å². The van der Waals surface area contributed by atoms with Gasteiger partial charge in [0.15, 0.2) is 0 Å². The van der Waals surface area contributed by atoms with Crippen LogP contribution in [-0.2, 0) is 4.79 Å². The maximum atomic E-state index is 13.1. The minimum atomic E-state index is -4.08. The van der Waals surface area contributed by atoms with E-state index in [-0.39, 0.29) is 17.7 Å². The summed E-state index contributed by atoms with van der Waals surface area (Å²) in [6, 6.07) is 9.74. The molecule has 2 aliphatic rings. The number of anilines is 1. The second kappa shape index (κ2) is 7.36. The fraction of sp³-hybridized carbons (Fsp3) is 0.632. The number of likely N-dealkylation sites (tertiary alicyclic amines) is 1. The highest BCUT2D eigenvalue weighted by Crippen LogP contribution is 2.42. The highest BCUT2D eigenvalue weighted by molar-refractivity contribution is 5.98. The third-order valence-electron chi connectivity index (χ3n) is 5.55. The van der Waals surface area contributed by atoms with E-state index >= 15 is 0 Å². The first-order valence-corrected chi connectivity index (χ1v) is 9.06. The molecule has 2 heterocycles. The van der Waals surface area contributed by atoms with Crippen LogP contribution in [0.2, 0.25) is 0 Å². The summed E-state index contributed by atoms with van der Waals surface area (Å²) in [7, 11) is 0. The third-order valence-corrected chi connectivity index (χ3v) is 5.55. The Hall–Kier alpha value is -1.56. The lowest BCUT2D eigenvalue weighted by molar-refractivity contribution is -0.137. The minimum Gasteiger partial charge on any atom is -0.312 e. The van der Waals surface area contributed by atoms with Crippen molar-refractivity contribution in [3.8, 4) is 0 Å². The zero-order valence-electron chi connectivity index (χ0n) is 14.4. The Bertz CT molecular complexity index is 580. The molecule has 1 spiro atoms. The lowest BCUT2D eigenvalue weighted by Crippen LogP contribution is -2.53. The highest BCUT2D eigenvalue weighted by atomic mass is 19.4. The molecule has 0 bridgehead atoms. The number of alkyl halides is 3. The quantitative estimate of drug-likeness (QED) is 0.807. The van der Waals surface area contributed by atoms with Gasteiger partial charge in [-0.1, -0.05) is 18.2 Å². The van der Waals surface area contributed by atoms with E-state index in [1.54, 1.807) is 0 Å². The largest absolute Gasteiger partial charge is 0.389 e. The third kappa shape index (κ3) is 4.35. The molecule has 3 rings (SSSR count). The van der Waals surface area contributed by atoms with Gasteiger partial charge in [0.1, 0.15) is 0 Å². The molecule has 0 unspecified atom stereocenters. The topological polar surface area (TPSA) is 23.6 Å². The molecule has 2 aliphatic heterocycles. The van der Waals surface area contributed by atoms with Crippen molar-refractivity contribution in [2.24, 2.45) is 5.41 Å². The van der Waals surface area contributed by atoms with Crippen LogP contribution in [0, 0.1) is 5.41 Å². The van der Waals surface area contributed by atoms with E-state index in [1.165, 1.54) is 0 Å². The molecule has 6 heteroatoms. The number of carbonyl (C=O) groups excluding carboxylic acids is 1. The summed E-state index contributed by atoms with van der Waals surface area (Å²) in [5.74, 6) is 0.194. The summed E-state index contributed by atoms with van der Waals surface area (Å²) in [4.78, 5) is 17.1. The van der Waals surface area contributed by atoms with Crippen molar-refractivity contribution in [1.29, 1.82) is 0 Å². The summed E-state index contributed by atoms with van der Waals surface area (Å²) in [5.41, 5.74) is 0.619. The van der Waals surface area contributed by atoms with Gasteiger partial charge in [-0.3, -0.25) is 4.79 Å².